The maximum atomic E-state index is 12.7. The summed E-state index contributed by atoms with van der Waals surface area (Å²) in [7, 11) is 0. The smallest absolute Gasteiger partial charge is 0.418 e. The van der Waals surface area contributed by atoms with Crippen molar-refractivity contribution < 1.29 is 28.7 Å². The minimum Gasteiger partial charge on any atom is -0.434 e. The predicted octanol–water partition coefficient (Wildman–Crippen LogP) is -1.30. The van der Waals surface area contributed by atoms with Crippen molar-refractivity contribution >= 4 is 29.7 Å². The van der Waals surface area contributed by atoms with Gasteiger partial charge in [0.1, 0.15) is 12.1 Å². The zero-order valence-corrected chi connectivity index (χ0v) is 15.1. The van der Waals surface area contributed by atoms with Crippen molar-refractivity contribution in [3.05, 3.63) is 35.9 Å². The third-order valence-electron chi connectivity index (χ3n) is 4.49. The van der Waals surface area contributed by atoms with Gasteiger partial charge in [-0.2, -0.15) is 0 Å². The van der Waals surface area contributed by atoms with Crippen LogP contribution in [0.4, 0.5) is 4.79 Å². The molecule has 10 heteroatoms. The van der Waals surface area contributed by atoms with E-state index in [1.54, 1.807) is 30.3 Å². The van der Waals surface area contributed by atoms with Crippen molar-refractivity contribution in [2.45, 2.75) is 31.5 Å². The topological polar surface area (TPSA) is 134 Å². The first-order chi connectivity index (χ1) is 13.4. The monoisotopic (exact) mass is 388 g/mol. The highest BCUT2D eigenvalue weighted by atomic mass is 16.6. The maximum absolute atomic E-state index is 12.7. The lowest BCUT2D eigenvalue weighted by atomic mass is 10.0. The average molecular weight is 388 g/mol. The maximum Gasteiger partial charge on any atom is 0.418 e. The molecule has 3 rings (SSSR count). The fourth-order valence-corrected chi connectivity index (χ4v) is 3.01. The van der Waals surface area contributed by atoms with E-state index in [0.717, 1.165) is 10.5 Å². The van der Waals surface area contributed by atoms with Gasteiger partial charge >= 0.3 is 6.09 Å². The molecule has 3 atom stereocenters. The summed E-state index contributed by atoms with van der Waals surface area (Å²) in [6.45, 7) is 0.809. The third kappa shape index (κ3) is 4.11. The summed E-state index contributed by atoms with van der Waals surface area (Å²) in [5, 5.41) is 7.32. The Morgan fingerprint density at radius 2 is 1.75 bits per heavy atom. The summed E-state index contributed by atoms with van der Waals surface area (Å²) >= 11 is 0. The molecule has 28 heavy (non-hydrogen) atoms. The SMILES string of the molecule is C[C@@H]1NC(=O)CNC(=O)[C@H](Cc2ccccc2)N2C(=O)O[C@H](CNC1=O)C2=O. The standard InChI is InChI=1S/C18H20N4O6/c1-10-15(24)19-8-13-17(26)22(18(27)28-13)12(7-11-5-3-2-4-6-11)16(25)20-9-14(23)21-10/h2-6,10,12-13H,7-9H2,1H3,(H,19,24)(H,20,25)(H,21,23)/t10-,12-,13+/m0/s1. The van der Waals surface area contributed by atoms with Crippen molar-refractivity contribution in [1.82, 2.24) is 20.9 Å². The number of nitrogens with zero attached hydrogens (tertiary/aromatic N) is 1. The van der Waals surface area contributed by atoms with Gasteiger partial charge in [-0.05, 0) is 12.5 Å². The van der Waals surface area contributed by atoms with E-state index in [2.05, 4.69) is 16.0 Å². The highest BCUT2D eigenvalue weighted by Gasteiger charge is 2.47. The van der Waals surface area contributed by atoms with E-state index in [9.17, 15) is 24.0 Å². The van der Waals surface area contributed by atoms with Crippen LogP contribution in [0.2, 0.25) is 0 Å². The number of hydrogen-bond acceptors (Lipinski definition) is 6. The Hall–Kier alpha value is -3.43. The van der Waals surface area contributed by atoms with Crippen LogP contribution in [0.1, 0.15) is 12.5 Å². The Morgan fingerprint density at radius 3 is 2.46 bits per heavy atom. The quantitative estimate of drug-likeness (QED) is 0.576. The van der Waals surface area contributed by atoms with Crippen LogP contribution in [0, 0.1) is 0 Å². The van der Waals surface area contributed by atoms with Crippen molar-refractivity contribution in [3.63, 3.8) is 0 Å². The molecule has 0 radical (unpaired) electrons. The predicted molar refractivity (Wildman–Crippen MR) is 94.7 cm³/mol. The number of ether oxygens (including phenoxy) is 1. The fourth-order valence-electron chi connectivity index (χ4n) is 3.01. The number of carbonyl (C=O) groups excluding carboxylic acids is 5. The first-order valence-corrected chi connectivity index (χ1v) is 8.79. The fraction of sp³-hybridized carbons (Fsp3) is 0.389. The normalized spacial score (nSPS) is 26.2. The van der Waals surface area contributed by atoms with Crippen molar-refractivity contribution in [2.24, 2.45) is 0 Å². The van der Waals surface area contributed by atoms with Crippen LogP contribution < -0.4 is 16.0 Å². The Balaban J connectivity index is 1.90. The highest BCUT2D eigenvalue weighted by Crippen LogP contribution is 2.19. The molecule has 2 saturated heterocycles. The highest BCUT2D eigenvalue weighted by molar-refractivity contribution is 6.05. The zero-order valence-electron chi connectivity index (χ0n) is 15.1. The van der Waals surface area contributed by atoms with Crippen molar-refractivity contribution in [2.75, 3.05) is 13.1 Å². The molecule has 2 fully saturated rings. The van der Waals surface area contributed by atoms with Gasteiger partial charge in [0.25, 0.3) is 5.91 Å². The summed E-state index contributed by atoms with van der Waals surface area (Å²) in [5.41, 5.74) is 0.724. The molecule has 0 spiro atoms. The van der Waals surface area contributed by atoms with Gasteiger partial charge in [-0.15, -0.1) is 0 Å². The minimum atomic E-state index is -1.23. The number of rotatable bonds is 2. The molecule has 148 valence electrons. The molecule has 0 saturated carbocycles. The molecule has 2 aliphatic rings. The average Bonchev–Trinajstić information content (AvgIpc) is 2.96. The van der Waals surface area contributed by atoms with E-state index in [1.165, 1.54) is 6.92 Å². The van der Waals surface area contributed by atoms with Gasteiger partial charge in [0.2, 0.25) is 17.7 Å². The molecule has 1 aromatic carbocycles. The van der Waals surface area contributed by atoms with Gasteiger partial charge in [-0.1, -0.05) is 30.3 Å². The van der Waals surface area contributed by atoms with Crippen LogP contribution in [-0.2, 0) is 30.3 Å². The Kier molecular flexibility index (Phi) is 5.57. The van der Waals surface area contributed by atoms with Gasteiger partial charge in [0.15, 0.2) is 6.10 Å². The van der Waals surface area contributed by atoms with Crippen LogP contribution >= 0.6 is 0 Å². The van der Waals surface area contributed by atoms with E-state index >= 15 is 0 Å². The van der Waals surface area contributed by atoms with Gasteiger partial charge in [-0.25, -0.2) is 9.69 Å². The first kappa shape index (κ1) is 19.3. The summed E-state index contributed by atoms with van der Waals surface area (Å²) < 4.78 is 5.06. The molecule has 10 nitrogen and oxygen atoms in total. The summed E-state index contributed by atoms with van der Waals surface area (Å²) in [5.74, 6) is -2.49. The van der Waals surface area contributed by atoms with Crippen LogP contribution in [-0.4, -0.2) is 65.9 Å². The number of nitrogens with one attached hydrogen (secondary N) is 3. The lowest BCUT2D eigenvalue weighted by Gasteiger charge is -2.23. The van der Waals surface area contributed by atoms with Crippen molar-refractivity contribution in [1.29, 1.82) is 0 Å². The van der Waals surface area contributed by atoms with E-state index < -0.39 is 54.5 Å². The Labute approximate surface area is 160 Å². The van der Waals surface area contributed by atoms with Gasteiger partial charge in [0, 0.05) is 6.42 Å². The Morgan fingerprint density at radius 1 is 1.04 bits per heavy atom. The second-order valence-corrected chi connectivity index (χ2v) is 6.54. The summed E-state index contributed by atoms with van der Waals surface area (Å²) in [6, 6.07) is 6.78. The van der Waals surface area contributed by atoms with E-state index in [1.807, 2.05) is 0 Å². The summed E-state index contributed by atoms with van der Waals surface area (Å²) in [6.07, 6.45) is -2.13. The lowest BCUT2D eigenvalue weighted by Crippen LogP contribution is -2.53. The Bertz CT molecular complexity index is 812. The molecule has 0 aliphatic carbocycles. The molecule has 3 N–H and O–H groups in total. The molecule has 1 aromatic rings. The first-order valence-electron chi connectivity index (χ1n) is 8.79. The van der Waals surface area contributed by atoms with Crippen molar-refractivity contribution in [3.8, 4) is 0 Å². The largest absolute Gasteiger partial charge is 0.434 e. The second kappa shape index (κ2) is 8.07. The lowest BCUT2D eigenvalue weighted by molar-refractivity contribution is -0.137. The summed E-state index contributed by atoms with van der Waals surface area (Å²) in [4.78, 5) is 62.4. The van der Waals surface area contributed by atoms with E-state index in [0.29, 0.717) is 0 Å². The van der Waals surface area contributed by atoms with Gasteiger partial charge < -0.3 is 20.7 Å². The second-order valence-electron chi connectivity index (χ2n) is 6.54. The molecule has 2 heterocycles. The van der Waals surface area contributed by atoms with E-state index in [-0.39, 0.29) is 13.0 Å². The number of hydrogen-bond donors (Lipinski definition) is 3. The van der Waals surface area contributed by atoms with E-state index in [4.69, 9.17) is 4.74 Å². The number of benzene rings is 1. The molecular formula is C18H20N4O6. The number of fused-ring (bicyclic) bond motifs is 2. The molecule has 0 unspecified atom stereocenters. The van der Waals surface area contributed by atoms with Gasteiger partial charge in [-0.3, -0.25) is 19.2 Å². The molecule has 2 aliphatic heterocycles. The number of imide groups is 1. The molecule has 5 amide bonds. The van der Waals surface area contributed by atoms with Crippen LogP contribution in [0.15, 0.2) is 30.3 Å². The number of amides is 5. The van der Waals surface area contributed by atoms with Crippen LogP contribution in [0.5, 0.6) is 0 Å². The molecular weight excluding hydrogens is 368 g/mol. The molecule has 0 aromatic heterocycles. The van der Waals surface area contributed by atoms with Gasteiger partial charge in [0.05, 0.1) is 13.1 Å². The zero-order chi connectivity index (χ0) is 20.3. The molecule has 2 bridgehead atoms. The minimum absolute atomic E-state index is 0.0601. The third-order valence-corrected chi connectivity index (χ3v) is 4.49. The number of carbonyl (C=O) groups is 5. The van der Waals surface area contributed by atoms with Crippen LogP contribution in [0.3, 0.4) is 0 Å². The van der Waals surface area contributed by atoms with Crippen LogP contribution in [0.25, 0.3) is 0 Å².